The second-order valence-electron chi connectivity index (χ2n) is 5.49. The first-order chi connectivity index (χ1) is 10.5. The van der Waals surface area contributed by atoms with E-state index in [1.54, 1.807) is 19.1 Å². The number of primary amides is 1. The van der Waals surface area contributed by atoms with Crippen molar-refractivity contribution >= 4 is 23.5 Å². The van der Waals surface area contributed by atoms with Crippen LogP contribution in [0.5, 0.6) is 0 Å². The van der Waals surface area contributed by atoms with Gasteiger partial charge in [0.15, 0.2) is 6.10 Å². The van der Waals surface area contributed by atoms with E-state index in [1.165, 1.54) is 12.1 Å². The summed E-state index contributed by atoms with van der Waals surface area (Å²) in [5.74, 6) is -1.32. The molecular weight excluding hydrogens is 284 g/mol. The fraction of sp³-hybridized carbons (Fsp3) is 0.438. The number of rotatable bonds is 5. The van der Waals surface area contributed by atoms with Crippen LogP contribution in [0.1, 0.15) is 43.0 Å². The van der Waals surface area contributed by atoms with Crippen molar-refractivity contribution < 1.29 is 19.1 Å². The first kappa shape index (κ1) is 16.0. The van der Waals surface area contributed by atoms with Crippen LogP contribution in [0, 0.1) is 5.92 Å². The third-order valence-corrected chi connectivity index (χ3v) is 3.79. The molecule has 0 bridgehead atoms. The molecule has 22 heavy (non-hydrogen) atoms. The maximum Gasteiger partial charge on any atom is 0.309 e. The molecule has 0 unspecified atom stereocenters. The normalized spacial score (nSPS) is 16.0. The standard InChI is InChI=1S/C16H20N2O4/c1-10(22-16(21)12-4-2-3-5-12)15(20)18-13-8-6-11(7-9-13)14(17)19/h6-10,12H,2-5H2,1H3,(H2,17,19)(H,18,20)/t10-/m0/s1. The number of anilines is 1. The van der Waals surface area contributed by atoms with Gasteiger partial charge in [0.2, 0.25) is 5.91 Å². The first-order valence-corrected chi connectivity index (χ1v) is 7.38. The van der Waals surface area contributed by atoms with Crippen LogP contribution in [0.2, 0.25) is 0 Å². The number of ether oxygens (including phenoxy) is 1. The summed E-state index contributed by atoms with van der Waals surface area (Å²) < 4.78 is 5.21. The van der Waals surface area contributed by atoms with Gasteiger partial charge < -0.3 is 15.8 Å². The van der Waals surface area contributed by atoms with Crippen molar-refractivity contribution in [1.29, 1.82) is 0 Å². The van der Waals surface area contributed by atoms with E-state index in [-0.39, 0.29) is 11.9 Å². The molecule has 3 N–H and O–H groups in total. The van der Waals surface area contributed by atoms with Gasteiger partial charge in [-0.3, -0.25) is 14.4 Å². The van der Waals surface area contributed by atoms with Crippen LogP contribution in [-0.4, -0.2) is 23.9 Å². The Kier molecular flexibility index (Phi) is 5.14. The summed E-state index contributed by atoms with van der Waals surface area (Å²) in [6.45, 7) is 1.54. The summed E-state index contributed by atoms with van der Waals surface area (Å²) in [7, 11) is 0. The van der Waals surface area contributed by atoms with Crippen molar-refractivity contribution in [2.75, 3.05) is 5.32 Å². The molecule has 0 heterocycles. The molecular formula is C16H20N2O4. The lowest BCUT2D eigenvalue weighted by Crippen LogP contribution is -2.31. The SMILES string of the molecule is C[C@H](OC(=O)C1CCCC1)C(=O)Nc1ccc(C(N)=O)cc1. The van der Waals surface area contributed by atoms with Gasteiger partial charge >= 0.3 is 5.97 Å². The minimum atomic E-state index is -0.857. The number of amides is 2. The molecule has 118 valence electrons. The molecule has 1 atom stereocenters. The van der Waals surface area contributed by atoms with Gasteiger partial charge in [0.1, 0.15) is 0 Å². The van der Waals surface area contributed by atoms with Gasteiger partial charge in [-0.15, -0.1) is 0 Å². The van der Waals surface area contributed by atoms with Crippen LogP contribution < -0.4 is 11.1 Å². The summed E-state index contributed by atoms with van der Waals surface area (Å²) in [5.41, 5.74) is 6.02. The Bertz CT molecular complexity index is 562. The monoisotopic (exact) mass is 304 g/mol. The van der Waals surface area contributed by atoms with Gasteiger partial charge in [0, 0.05) is 11.3 Å². The Morgan fingerprint density at radius 3 is 2.32 bits per heavy atom. The highest BCUT2D eigenvalue weighted by Gasteiger charge is 2.27. The van der Waals surface area contributed by atoms with Crippen molar-refractivity contribution in [2.24, 2.45) is 11.7 Å². The average Bonchev–Trinajstić information content (AvgIpc) is 3.02. The number of carbonyl (C=O) groups is 3. The van der Waals surface area contributed by atoms with Crippen LogP contribution in [0.4, 0.5) is 5.69 Å². The molecule has 1 aromatic carbocycles. The molecule has 0 radical (unpaired) electrons. The Labute approximate surface area is 129 Å². The summed E-state index contributed by atoms with van der Waals surface area (Å²) in [4.78, 5) is 34.8. The minimum absolute atomic E-state index is 0.0786. The quantitative estimate of drug-likeness (QED) is 0.811. The maximum absolute atomic E-state index is 12.0. The molecule has 0 saturated heterocycles. The molecule has 0 aromatic heterocycles. The zero-order valence-corrected chi connectivity index (χ0v) is 12.5. The predicted octanol–water partition coefficient (Wildman–Crippen LogP) is 1.85. The van der Waals surface area contributed by atoms with E-state index in [2.05, 4.69) is 5.32 Å². The minimum Gasteiger partial charge on any atom is -0.452 e. The van der Waals surface area contributed by atoms with E-state index < -0.39 is 17.9 Å². The molecule has 6 nitrogen and oxygen atoms in total. The zero-order valence-electron chi connectivity index (χ0n) is 12.5. The molecule has 1 aromatic rings. The first-order valence-electron chi connectivity index (χ1n) is 7.38. The highest BCUT2D eigenvalue weighted by Crippen LogP contribution is 2.26. The van der Waals surface area contributed by atoms with Crippen LogP contribution >= 0.6 is 0 Å². The van der Waals surface area contributed by atoms with Crippen molar-refractivity contribution in [3.8, 4) is 0 Å². The fourth-order valence-electron chi connectivity index (χ4n) is 2.45. The molecule has 6 heteroatoms. The van der Waals surface area contributed by atoms with Gasteiger partial charge in [0.05, 0.1) is 5.92 Å². The van der Waals surface area contributed by atoms with Crippen LogP contribution in [0.3, 0.4) is 0 Å². The Morgan fingerprint density at radius 2 is 1.77 bits per heavy atom. The molecule has 1 fully saturated rings. The zero-order chi connectivity index (χ0) is 16.1. The number of nitrogens with one attached hydrogen (secondary N) is 1. The molecule has 2 amide bonds. The van der Waals surface area contributed by atoms with Gasteiger partial charge in [-0.25, -0.2) is 0 Å². The Hall–Kier alpha value is -2.37. The summed E-state index contributed by atoms with van der Waals surface area (Å²) >= 11 is 0. The van der Waals surface area contributed by atoms with Gasteiger partial charge in [-0.05, 0) is 44.0 Å². The lowest BCUT2D eigenvalue weighted by molar-refractivity contribution is -0.157. The lowest BCUT2D eigenvalue weighted by Gasteiger charge is -2.16. The second kappa shape index (κ2) is 7.06. The summed E-state index contributed by atoms with van der Waals surface area (Å²) in [6, 6.07) is 6.19. The van der Waals surface area contributed by atoms with Crippen LogP contribution in [-0.2, 0) is 14.3 Å². The van der Waals surface area contributed by atoms with Gasteiger partial charge in [-0.1, -0.05) is 12.8 Å². The van der Waals surface area contributed by atoms with E-state index in [0.29, 0.717) is 11.3 Å². The molecule has 2 rings (SSSR count). The lowest BCUT2D eigenvalue weighted by atomic mass is 10.1. The second-order valence-corrected chi connectivity index (χ2v) is 5.49. The van der Waals surface area contributed by atoms with E-state index in [0.717, 1.165) is 25.7 Å². The Morgan fingerprint density at radius 1 is 1.18 bits per heavy atom. The van der Waals surface area contributed by atoms with E-state index in [4.69, 9.17) is 10.5 Å². The van der Waals surface area contributed by atoms with Crippen molar-refractivity contribution in [3.05, 3.63) is 29.8 Å². The van der Waals surface area contributed by atoms with Gasteiger partial charge in [0.25, 0.3) is 5.91 Å². The molecule has 0 spiro atoms. The molecule has 1 aliphatic rings. The summed E-state index contributed by atoms with van der Waals surface area (Å²) in [6.07, 6.45) is 2.88. The molecule has 1 aliphatic carbocycles. The average molecular weight is 304 g/mol. The number of esters is 1. The largest absolute Gasteiger partial charge is 0.452 e. The van der Waals surface area contributed by atoms with Gasteiger partial charge in [-0.2, -0.15) is 0 Å². The Balaban J connectivity index is 1.87. The highest BCUT2D eigenvalue weighted by molar-refractivity contribution is 5.96. The maximum atomic E-state index is 12.0. The smallest absolute Gasteiger partial charge is 0.309 e. The topological polar surface area (TPSA) is 98.5 Å². The number of carbonyl (C=O) groups excluding carboxylic acids is 3. The summed E-state index contributed by atoms with van der Waals surface area (Å²) in [5, 5.41) is 2.64. The van der Waals surface area contributed by atoms with E-state index in [9.17, 15) is 14.4 Å². The number of benzene rings is 1. The van der Waals surface area contributed by atoms with Crippen molar-refractivity contribution in [1.82, 2.24) is 0 Å². The van der Waals surface area contributed by atoms with Crippen molar-refractivity contribution in [2.45, 2.75) is 38.7 Å². The number of nitrogens with two attached hydrogens (primary N) is 1. The third-order valence-electron chi connectivity index (χ3n) is 3.79. The van der Waals surface area contributed by atoms with Crippen LogP contribution in [0.15, 0.2) is 24.3 Å². The van der Waals surface area contributed by atoms with E-state index >= 15 is 0 Å². The van der Waals surface area contributed by atoms with E-state index in [1.807, 2.05) is 0 Å². The fourth-order valence-corrected chi connectivity index (χ4v) is 2.45. The molecule has 1 saturated carbocycles. The highest BCUT2D eigenvalue weighted by atomic mass is 16.5. The van der Waals surface area contributed by atoms with Crippen LogP contribution in [0.25, 0.3) is 0 Å². The molecule has 0 aliphatic heterocycles. The van der Waals surface area contributed by atoms with Crippen molar-refractivity contribution in [3.63, 3.8) is 0 Å². The predicted molar refractivity (Wildman–Crippen MR) is 81.1 cm³/mol. The number of hydrogen-bond acceptors (Lipinski definition) is 4. The third kappa shape index (κ3) is 4.07. The number of hydrogen-bond donors (Lipinski definition) is 2.